The van der Waals surface area contributed by atoms with Gasteiger partial charge in [0.1, 0.15) is 5.82 Å². The largest absolute Gasteiger partial charge is 0.348 e. The first-order valence-corrected chi connectivity index (χ1v) is 8.05. The first kappa shape index (κ1) is 16.5. The van der Waals surface area contributed by atoms with Crippen molar-refractivity contribution in [1.82, 2.24) is 5.32 Å². The molecule has 2 aromatic carbocycles. The second-order valence-electron chi connectivity index (χ2n) is 5.62. The minimum absolute atomic E-state index is 0.0817. The van der Waals surface area contributed by atoms with E-state index in [2.05, 4.69) is 5.32 Å². The number of nitrogens with one attached hydrogen (secondary N) is 1. The number of rotatable bonds is 4. The minimum Gasteiger partial charge on any atom is -0.348 e. The fourth-order valence-corrected chi connectivity index (χ4v) is 2.84. The Morgan fingerprint density at radius 2 is 1.96 bits per heavy atom. The third-order valence-corrected chi connectivity index (χ3v) is 4.18. The summed E-state index contributed by atoms with van der Waals surface area (Å²) in [5.74, 6) is -0.999. The van der Waals surface area contributed by atoms with E-state index >= 15 is 0 Å². The van der Waals surface area contributed by atoms with Crippen LogP contribution >= 0.6 is 11.6 Å². The predicted octanol–water partition coefficient (Wildman–Crippen LogP) is 3.54. The molecule has 2 aromatic rings. The molecule has 1 N–H and O–H groups in total. The molecule has 1 saturated heterocycles. The predicted molar refractivity (Wildman–Crippen MR) is 90.6 cm³/mol. The molecule has 0 bridgehead atoms. The molecule has 1 heterocycles. The van der Waals surface area contributed by atoms with Gasteiger partial charge in [0.05, 0.1) is 5.56 Å². The van der Waals surface area contributed by atoms with Crippen LogP contribution in [-0.4, -0.2) is 18.4 Å². The zero-order valence-electron chi connectivity index (χ0n) is 12.9. The zero-order chi connectivity index (χ0) is 17.1. The molecule has 1 aliphatic heterocycles. The molecule has 1 aliphatic rings. The molecule has 4 nitrogen and oxygen atoms in total. The fraction of sp³-hybridized carbons (Fsp3) is 0.222. The van der Waals surface area contributed by atoms with Gasteiger partial charge in [-0.3, -0.25) is 9.59 Å². The Kier molecular flexibility index (Phi) is 4.81. The number of nitrogens with zero attached hydrogens (tertiary/aromatic N) is 1. The molecule has 3 rings (SSSR count). The molecule has 0 unspecified atom stereocenters. The van der Waals surface area contributed by atoms with Gasteiger partial charge in [-0.2, -0.15) is 0 Å². The second-order valence-corrected chi connectivity index (χ2v) is 6.06. The smallest absolute Gasteiger partial charge is 0.254 e. The Morgan fingerprint density at radius 1 is 1.21 bits per heavy atom. The van der Waals surface area contributed by atoms with E-state index in [4.69, 9.17) is 11.6 Å². The van der Waals surface area contributed by atoms with E-state index in [0.717, 1.165) is 24.2 Å². The van der Waals surface area contributed by atoms with Crippen molar-refractivity contribution >= 4 is 29.1 Å². The summed E-state index contributed by atoms with van der Waals surface area (Å²) < 4.78 is 13.7. The van der Waals surface area contributed by atoms with Crippen molar-refractivity contribution in [2.24, 2.45) is 0 Å². The summed E-state index contributed by atoms with van der Waals surface area (Å²) in [7, 11) is 0. The third kappa shape index (κ3) is 3.57. The first-order valence-electron chi connectivity index (χ1n) is 7.67. The zero-order valence-corrected chi connectivity index (χ0v) is 13.6. The number of anilines is 1. The summed E-state index contributed by atoms with van der Waals surface area (Å²) in [6.07, 6.45) is 1.46. The lowest BCUT2D eigenvalue weighted by molar-refractivity contribution is -0.117. The number of hydrogen-bond donors (Lipinski definition) is 1. The van der Waals surface area contributed by atoms with Gasteiger partial charge in [0.25, 0.3) is 5.91 Å². The van der Waals surface area contributed by atoms with E-state index in [1.807, 2.05) is 24.3 Å². The lowest BCUT2D eigenvalue weighted by Gasteiger charge is -2.16. The standard InChI is InChI=1S/C18H16ClFN2O2/c19-13-5-8-16(20)15(10-13)18(24)21-11-12-3-6-14(7-4-12)22-9-1-2-17(22)23/h3-8,10H,1-2,9,11H2,(H,21,24). The lowest BCUT2D eigenvalue weighted by Crippen LogP contribution is -2.24. The van der Waals surface area contributed by atoms with Crippen molar-refractivity contribution < 1.29 is 14.0 Å². The summed E-state index contributed by atoms with van der Waals surface area (Å²) in [6, 6.07) is 11.2. The fourth-order valence-electron chi connectivity index (χ4n) is 2.66. The Morgan fingerprint density at radius 3 is 2.62 bits per heavy atom. The van der Waals surface area contributed by atoms with Crippen LogP contribution in [0, 0.1) is 5.82 Å². The van der Waals surface area contributed by atoms with E-state index in [-0.39, 0.29) is 18.0 Å². The average molecular weight is 347 g/mol. The van der Waals surface area contributed by atoms with Gasteiger partial charge in [0.2, 0.25) is 5.91 Å². The van der Waals surface area contributed by atoms with E-state index in [1.165, 1.54) is 18.2 Å². The maximum absolute atomic E-state index is 13.7. The van der Waals surface area contributed by atoms with Crippen LogP contribution in [0.25, 0.3) is 0 Å². The van der Waals surface area contributed by atoms with Crippen LogP contribution in [0.5, 0.6) is 0 Å². The Balaban J connectivity index is 1.63. The van der Waals surface area contributed by atoms with Gasteiger partial charge in [0.15, 0.2) is 0 Å². The van der Waals surface area contributed by atoms with Gasteiger partial charge >= 0.3 is 0 Å². The SMILES string of the molecule is O=C(NCc1ccc(N2CCCC2=O)cc1)c1cc(Cl)ccc1F. The summed E-state index contributed by atoms with van der Waals surface area (Å²) in [4.78, 5) is 25.5. The molecule has 2 amide bonds. The second kappa shape index (κ2) is 7.01. The monoisotopic (exact) mass is 346 g/mol. The van der Waals surface area contributed by atoms with Crippen LogP contribution in [0.2, 0.25) is 5.02 Å². The van der Waals surface area contributed by atoms with Gasteiger partial charge in [-0.15, -0.1) is 0 Å². The van der Waals surface area contributed by atoms with Crippen LogP contribution in [0.3, 0.4) is 0 Å². The molecule has 0 saturated carbocycles. The molecule has 0 radical (unpaired) electrons. The van der Waals surface area contributed by atoms with Crippen molar-refractivity contribution in [3.63, 3.8) is 0 Å². The van der Waals surface area contributed by atoms with Gasteiger partial charge in [0, 0.05) is 30.2 Å². The highest BCUT2D eigenvalue weighted by Crippen LogP contribution is 2.21. The number of benzene rings is 2. The van der Waals surface area contributed by atoms with Crippen LogP contribution in [0.1, 0.15) is 28.8 Å². The van der Waals surface area contributed by atoms with E-state index in [9.17, 15) is 14.0 Å². The highest BCUT2D eigenvalue weighted by molar-refractivity contribution is 6.31. The molecule has 0 aliphatic carbocycles. The van der Waals surface area contributed by atoms with Gasteiger partial charge < -0.3 is 10.2 Å². The van der Waals surface area contributed by atoms with Crippen LogP contribution < -0.4 is 10.2 Å². The van der Waals surface area contributed by atoms with Crippen LogP contribution in [0.4, 0.5) is 10.1 Å². The Hall–Kier alpha value is -2.40. The third-order valence-electron chi connectivity index (χ3n) is 3.95. The average Bonchev–Trinajstić information content (AvgIpc) is 3.01. The van der Waals surface area contributed by atoms with Gasteiger partial charge in [-0.25, -0.2) is 4.39 Å². The van der Waals surface area contributed by atoms with Crippen molar-refractivity contribution in [3.05, 3.63) is 64.4 Å². The highest BCUT2D eigenvalue weighted by Gasteiger charge is 2.21. The number of halogens is 2. The molecule has 1 fully saturated rings. The Labute approximate surface area is 144 Å². The van der Waals surface area contributed by atoms with Crippen molar-refractivity contribution in [1.29, 1.82) is 0 Å². The maximum Gasteiger partial charge on any atom is 0.254 e. The summed E-state index contributed by atoms with van der Waals surface area (Å²) >= 11 is 5.79. The number of carbonyl (C=O) groups is 2. The van der Waals surface area contributed by atoms with E-state index in [0.29, 0.717) is 11.4 Å². The normalized spacial score (nSPS) is 14.1. The quantitative estimate of drug-likeness (QED) is 0.920. The van der Waals surface area contributed by atoms with E-state index in [1.54, 1.807) is 4.90 Å². The molecule has 24 heavy (non-hydrogen) atoms. The molecular weight excluding hydrogens is 331 g/mol. The summed E-state index contributed by atoms with van der Waals surface area (Å²) in [6.45, 7) is 1.00. The van der Waals surface area contributed by atoms with Crippen molar-refractivity contribution in [2.45, 2.75) is 19.4 Å². The van der Waals surface area contributed by atoms with Gasteiger partial charge in [-0.05, 0) is 42.3 Å². The molecular formula is C18H16ClFN2O2. The highest BCUT2D eigenvalue weighted by atomic mass is 35.5. The topological polar surface area (TPSA) is 49.4 Å². The Bertz CT molecular complexity index is 777. The summed E-state index contributed by atoms with van der Waals surface area (Å²) in [5.41, 5.74) is 1.64. The number of carbonyl (C=O) groups excluding carboxylic acids is 2. The van der Waals surface area contributed by atoms with Crippen molar-refractivity contribution in [3.8, 4) is 0 Å². The minimum atomic E-state index is -0.611. The van der Waals surface area contributed by atoms with Gasteiger partial charge in [-0.1, -0.05) is 23.7 Å². The van der Waals surface area contributed by atoms with E-state index < -0.39 is 11.7 Å². The molecule has 0 aromatic heterocycles. The first-order chi connectivity index (χ1) is 11.5. The lowest BCUT2D eigenvalue weighted by atomic mass is 10.1. The molecule has 0 spiro atoms. The van der Waals surface area contributed by atoms with Crippen LogP contribution in [0.15, 0.2) is 42.5 Å². The number of hydrogen-bond acceptors (Lipinski definition) is 2. The molecule has 124 valence electrons. The summed E-state index contributed by atoms with van der Waals surface area (Å²) in [5, 5.41) is 2.97. The maximum atomic E-state index is 13.7. The number of amides is 2. The van der Waals surface area contributed by atoms with Crippen molar-refractivity contribution in [2.75, 3.05) is 11.4 Å². The van der Waals surface area contributed by atoms with Crippen LogP contribution in [-0.2, 0) is 11.3 Å². The molecule has 0 atom stereocenters. The molecule has 6 heteroatoms.